The molecule has 0 fully saturated rings. The fraction of sp³-hybridized carbons (Fsp3) is 0.433. The van der Waals surface area contributed by atoms with Gasteiger partial charge in [0.05, 0.1) is 23.1 Å². The normalized spacial score (nSPS) is 17.9. The van der Waals surface area contributed by atoms with Gasteiger partial charge in [-0.25, -0.2) is 15.0 Å². The van der Waals surface area contributed by atoms with Crippen LogP contribution < -0.4 is 10.5 Å². The van der Waals surface area contributed by atoms with Gasteiger partial charge in [-0.05, 0) is 68.2 Å². The minimum atomic E-state index is -2.98. The molecule has 7 nitrogen and oxygen atoms in total. The van der Waals surface area contributed by atoms with Crippen LogP contribution in [-0.4, -0.2) is 34.4 Å². The Bertz CT molecular complexity index is 1580. The van der Waals surface area contributed by atoms with Crippen molar-refractivity contribution >= 4 is 31.0 Å². The second-order valence-corrected chi connectivity index (χ2v) is 17.7. The quantitative estimate of drug-likeness (QED) is 0.217. The summed E-state index contributed by atoms with van der Waals surface area (Å²) < 4.78 is 39.9. The molecule has 0 unspecified atom stereocenters. The second-order valence-electron chi connectivity index (χ2n) is 12.6. The molecule has 1 aliphatic heterocycles. The number of fused-ring (bicyclic) bond motifs is 3. The first-order valence-electron chi connectivity index (χ1n) is 13.6. The maximum absolute atomic E-state index is 13.2. The number of imidazole rings is 1. The molecule has 4 aromatic rings. The van der Waals surface area contributed by atoms with Crippen molar-refractivity contribution in [3.8, 4) is 16.9 Å². The molecule has 2 N–H and O–H groups in total. The molecule has 0 spiro atoms. The Kier molecular flexibility index (Phi) is 7.51. The Balaban J connectivity index is 1.52. The number of rotatable bonds is 7. The van der Waals surface area contributed by atoms with E-state index in [0.29, 0.717) is 28.7 Å². The number of hydrogen-bond acceptors (Lipinski definition) is 6. The number of halogens is 3. The summed E-state index contributed by atoms with van der Waals surface area (Å²) in [5, 5.41) is 0.389. The number of ether oxygens (including phenoxy) is 1. The topological polar surface area (TPSA) is 88.1 Å². The molecule has 0 bridgehead atoms. The van der Waals surface area contributed by atoms with Crippen molar-refractivity contribution in [1.29, 1.82) is 0 Å². The van der Waals surface area contributed by atoms with E-state index in [9.17, 15) is 8.78 Å². The maximum atomic E-state index is 13.2. The van der Waals surface area contributed by atoms with Gasteiger partial charge in [0.15, 0.2) is 14.1 Å². The number of nitrogens with two attached hydrogens (primary N) is 1. The lowest BCUT2D eigenvalue weighted by atomic mass is 10.0. The van der Waals surface area contributed by atoms with Gasteiger partial charge < -0.3 is 19.5 Å². The molecule has 5 rings (SSSR count). The molecular formula is C30H36ClF2N5O2Si. The molecule has 2 aromatic heterocycles. The summed E-state index contributed by atoms with van der Waals surface area (Å²) in [5.74, 6) is 1.32. The predicted octanol–water partition coefficient (Wildman–Crippen LogP) is 8.00. The summed E-state index contributed by atoms with van der Waals surface area (Å²) in [7, 11) is -2.05. The molecule has 0 aliphatic carbocycles. The van der Waals surface area contributed by atoms with Gasteiger partial charge in [-0.3, -0.25) is 0 Å². The van der Waals surface area contributed by atoms with Crippen LogP contribution >= 0.6 is 11.6 Å². The standard InChI is InChI=1S/C30H36ClF2N5O2Si/c1-29(2,3)41(6,7)40-30(4,5)27-35-15-18(16-36-27)17-11-12-21-22(13-17)38-23(14-20(34)26(38)37-21)25-19(31)9-8-10-24(25)39-28(32)33/h8-13,15-16,20,23,28H,14,34H2,1-7H3/t20-,23-/m1/s1. The zero-order chi connectivity index (χ0) is 29.9. The van der Waals surface area contributed by atoms with Gasteiger partial charge in [0, 0.05) is 28.5 Å². The number of nitrogens with zero attached hydrogens (tertiary/aromatic N) is 4. The third-order valence-electron chi connectivity index (χ3n) is 8.24. The van der Waals surface area contributed by atoms with Crippen LogP contribution in [0.15, 0.2) is 48.8 Å². The number of aromatic nitrogens is 4. The van der Waals surface area contributed by atoms with Crippen LogP contribution in [-0.2, 0) is 10.0 Å². The molecule has 41 heavy (non-hydrogen) atoms. The van der Waals surface area contributed by atoms with Gasteiger partial charge in [-0.2, -0.15) is 8.78 Å². The Morgan fingerprint density at radius 1 is 1.05 bits per heavy atom. The zero-order valence-corrected chi connectivity index (χ0v) is 26.1. The van der Waals surface area contributed by atoms with Crippen molar-refractivity contribution < 1.29 is 17.9 Å². The first-order valence-corrected chi connectivity index (χ1v) is 16.9. The monoisotopic (exact) mass is 599 g/mol. The molecule has 0 amide bonds. The molecule has 2 aromatic carbocycles. The number of alkyl halides is 2. The van der Waals surface area contributed by atoms with E-state index in [0.717, 1.165) is 22.2 Å². The maximum Gasteiger partial charge on any atom is 0.387 e. The van der Waals surface area contributed by atoms with Gasteiger partial charge >= 0.3 is 6.61 Å². The largest absolute Gasteiger partial charge is 0.434 e. The lowest BCUT2D eigenvalue weighted by Crippen LogP contribution is -2.46. The molecule has 0 saturated carbocycles. The minimum absolute atomic E-state index is 0.0297. The summed E-state index contributed by atoms with van der Waals surface area (Å²) in [6, 6.07) is 9.81. The highest BCUT2D eigenvalue weighted by Gasteiger charge is 2.43. The van der Waals surface area contributed by atoms with Gasteiger partial charge in [-0.15, -0.1) is 0 Å². The summed E-state index contributed by atoms with van der Waals surface area (Å²) in [5.41, 5.74) is 9.56. The molecule has 0 saturated heterocycles. The van der Waals surface area contributed by atoms with Crippen LogP contribution in [0.5, 0.6) is 5.75 Å². The molecule has 3 heterocycles. The number of benzene rings is 2. The average Bonchev–Trinajstić information content (AvgIpc) is 3.39. The van der Waals surface area contributed by atoms with E-state index in [1.54, 1.807) is 24.5 Å². The van der Waals surface area contributed by atoms with Gasteiger partial charge in [-0.1, -0.05) is 44.5 Å². The van der Waals surface area contributed by atoms with Gasteiger partial charge in [0.1, 0.15) is 17.2 Å². The predicted molar refractivity (Wildman–Crippen MR) is 160 cm³/mol. The van der Waals surface area contributed by atoms with Crippen molar-refractivity contribution in [3.05, 3.63) is 71.0 Å². The van der Waals surface area contributed by atoms with Crippen LogP contribution in [0.25, 0.3) is 22.2 Å². The molecule has 1 aliphatic rings. The lowest BCUT2D eigenvalue weighted by Gasteiger charge is -2.42. The van der Waals surface area contributed by atoms with E-state index in [1.807, 2.05) is 36.6 Å². The minimum Gasteiger partial charge on any atom is -0.434 e. The Morgan fingerprint density at radius 2 is 1.73 bits per heavy atom. The van der Waals surface area contributed by atoms with E-state index in [2.05, 4.69) is 33.9 Å². The van der Waals surface area contributed by atoms with Crippen LogP contribution in [0, 0.1) is 0 Å². The Hall–Kier alpha value is -2.92. The Labute approximate surface area is 245 Å². The SMILES string of the molecule is CC(C)(O[Si](C)(C)C(C)(C)C)c1ncc(-c2ccc3nc4n(c3c2)[C@@H](c2c(Cl)cccc2OC(F)F)C[C@H]4N)cn1. The van der Waals surface area contributed by atoms with Crippen LogP contribution in [0.2, 0.25) is 23.2 Å². The summed E-state index contributed by atoms with van der Waals surface area (Å²) in [6.45, 7) is 12.1. The van der Waals surface area contributed by atoms with Crippen molar-refractivity contribution in [2.45, 2.75) is 83.5 Å². The molecule has 218 valence electrons. The average molecular weight is 600 g/mol. The Morgan fingerprint density at radius 3 is 2.37 bits per heavy atom. The first kappa shape index (κ1) is 29.6. The molecule has 0 radical (unpaired) electrons. The van der Waals surface area contributed by atoms with Crippen molar-refractivity contribution in [2.75, 3.05) is 0 Å². The van der Waals surface area contributed by atoms with Crippen molar-refractivity contribution in [1.82, 2.24) is 19.5 Å². The lowest BCUT2D eigenvalue weighted by molar-refractivity contribution is -0.0506. The van der Waals surface area contributed by atoms with Gasteiger partial charge in [0.25, 0.3) is 0 Å². The highest BCUT2D eigenvalue weighted by atomic mass is 35.5. The van der Waals surface area contributed by atoms with E-state index in [-0.39, 0.29) is 10.8 Å². The summed E-state index contributed by atoms with van der Waals surface area (Å²) in [6.07, 6.45) is 4.05. The summed E-state index contributed by atoms with van der Waals surface area (Å²) >= 11 is 6.55. The van der Waals surface area contributed by atoms with Crippen LogP contribution in [0.3, 0.4) is 0 Å². The fourth-order valence-electron chi connectivity index (χ4n) is 5.24. The van der Waals surface area contributed by atoms with Crippen LogP contribution in [0.4, 0.5) is 8.78 Å². The smallest absolute Gasteiger partial charge is 0.387 e. The van der Waals surface area contributed by atoms with Crippen molar-refractivity contribution in [2.24, 2.45) is 5.73 Å². The molecular weight excluding hydrogens is 564 g/mol. The van der Waals surface area contributed by atoms with Crippen LogP contribution in [0.1, 0.15) is 70.3 Å². The van der Waals surface area contributed by atoms with E-state index >= 15 is 0 Å². The zero-order valence-electron chi connectivity index (χ0n) is 24.4. The fourth-order valence-corrected chi connectivity index (χ4v) is 7.21. The third kappa shape index (κ3) is 5.50. The van der Waals surface area contributed by atoms with E-state index in [1.165, 1.54) is 6.07 Å². The van der Waals surface area contributed by atoms with Crippen molar-refractivity contribution in [3.63, 3.8) is 0 Å². The third-order valence-corrected chi connectivity index (χ3v) is 13.2. The highest BCUT2D eigenvalue weighted by Crippen LogP contribution is 2.46. The second kappa shape index (κ2) is 10.4. The number of hydrogen-bond donors (Lipinski definition) is 1. The first-order chi connectivity index (χ1) is 19.1. The molecule has 2 atom stereocenters. The summed E-state index contributed by atoms with van der Waals surface area (Å²) in [4.78, 5) is 14.2. The van der Waals surface area contributed by atoms with Gasteiger partial charge in [0.2, 0.25) is 0 Å². The molecule has 11 heteroatoms. The highest BCUT2D eigenvalue weighted by molar-refractivity contribution is 6.74. The van der Waals surface area contributed by atoms with E-state index < -0.39 is 32.6 Å². The van der Waals surface area contributed by atoms with E-state index in [4.69, 9.17) is 41.4 Å².